The minimum Gasteiger partial charge on any atom is -0.459 e. The van der Waals surface area contributed by atoms with Crippen LogP contribution in [0, 0.1) is 23.7 Å². The summed E-state index contributed by atoms with van der Waals surface area (Å²) in [5, 5.41) is 62.8. The fourth-order valence-electron chi connectivity index (χ4n) is 8.48. The Hall–Kier alpha value is -1.58. The molecule has 0 radical (unpaired) electrons. The van der Waals surface area contributed by atoms with E-state index in [2.05, 4.69) is 5.16 Å². The molecule has 3 aliphatic rings. The predicted octanol–water partition coefficient (Wildman–Crippen LogP) is 1.61. The van der Waals surface area contributed by atoms with E-state index in [0.29, 0.717) is 13.0 Å². The van der Waals surface area contributed by atoms with Crippen LogP contribution in [0.2, 0.25) is 0 Å². The van der Waals surface area contributed by atoms with Gasteiger partial charge in [0.1, 0.15) is 23.9 Å². The summed E-state index contributed by atoms with van der Waals surface area (Å²) in [6.45, 7) is 17.0. The zero-order valence-electron chi connectivity index (χ0n) is 35.5. The Morgan fingerprint density at radius 3 is 2.18 bits per heavy atom. The smallest absolute Gasteiger partial charge is 0.311 e. The highest BCUT2D eigenvalue weighted by Crippen LogP contribution is 2.40. The topological polar surface area (TPSA) is 240 Å². The van der Waals surface area contributed by atoms with Gasteiger partial charge in [-0.25, -0.2) is 0 Å². The summed E-state index contributed by atoms with van der Waals surface area (Å²) in [5.41, 5.74) is 1.76. The molecule has 3 fully saturated rings. The molecule has 0 aromatic carbocycles. The van der Waals surface area contributed by atoms with Crippen molar-refractivity contribution in [1.82, 2.24) is 0 Å². The summed E-state index contributed by atoms with van der Waals surface area (Å²) in [4.78, 5) is 19.8. The van der Waals surface area contributed by atoms with Gasteiger partial charge in [-0.2, -0.15) is 0 Å². The molecule has 3 aliphatic heterocycles. The van der Waals surface area contributed by atoms with Crippen LogP contribution in [0.15, 0.2) is 5.16 Å². The monoisotopic (exact) mass is 808 g/mol. The maximum Gasteiger partial charge on any atom is 0.311 e. The summed E-state index contributed by atoms with van der Waals surface area (Å²) in [5.74, 6) is -4.20. The molecule has 0 aromatic heterocycles. The van der Waals surface area contributed by atoms with Gasteiger partial charge in [-0.15, -0.1) is 0 Å². The van der Waals surface area contributed by atoms with Crippen molar-refractivity contribution in [2.24, 2.45) is 34.6 Å². The van der Waals surface area contributed by atoms with Crippen molar-refractivity contribution in [3.05, 3.63) is 0 Å². The van der Waals surface area contributed by atoms with E-state index in [0.717, 1.165) is 0 Å². The van der Waals surface area contributed by atoms with Gasteiger partial charge in [0.05, 0.1) is 66.6 Å². The van der Waals surface area contributed by atoms with Crippen molar-refractivity contribution in [2.75, 3.05) is 34.2 Å². The van der Waals surface area contributed by atoms with Crippen LogP contribution in [0.1, 0.15) is 94.9 Å². The number of rotatable bonds is 12. The molecule has 7 N–H and O–H groups in total. The number of cyclic esters (lactones) is 1. The summed E-state index contributed by atoms with van der Waals surface area (Å²) in [6.07, 6.45) is -10.0. The lowest BCUT2D eigenvalue weighted by Crippen LogP contribution is -2.61. The van der Waals surface area contributed by atoms with E-state index >= 15 is 0 Å². The Labute approximate surface area is 332 Å². The molecule has 328 valence electrons. The molecule has 3 saturated heterocycles. The fourth-order valence-corrected chi connectivity index (χ4v) is 8.48. The second-order valence-corrected chi connectivity index (χ2v) is 16.9. The van der Waals surface area contributed by atoms with Crippen molar-refractivity contribution in [2.45, 2.75) is 179 Å². The van der Waals surface area contributed by atoms with Crippen LogP contribution in [0.25, 0.3) is 0 Å². The number of carbonyl (C=O) groups is 1. The lowest BCUT2D eigenvalue weighted by atomic mass is 9.73. The number of nitrogens with zero attached hydrogens (tertiary/aromatic N) is 1. The number of aliphatic hydroxyl groups is 5. The SMILES string of the molecule is CC[C@H]1OC(=O)C(C)[C@H](OC2C[C@@](C)(OC)[C@@H](O)C(C)O2)C(C)[C@@H](OC2OC(C)CC(N)[C@H]2O)[C@](C)(O)C[C@@H](C)/C(=N/OCOCCOC)C(C)[C@@H](O)[C@]1(C)O. The molecular formula is C39H72N2O15. The molecule has 0 spiro atoms. The van der Waals surface area contributed by atoms with E-state index in [4.69, 9.17) is 48.5 Å². The van der Waals surface area contributed by atoms with Gasteiger partial charge in [-0.3, -0.25) is 4.79 Å². The van der Waals surface area contributed by atoms with Gasteiger partial charge < -0.3 is 74.0 Å². The summed E-state index contributed by atoms with van der Waals surface area (Å²) >= 11 is 0. The molecule has 3 heterocycles. The minimum absolute atomic E-state index is 0.0496. The third-order valence-corrected chi connectivity index (χ3v) is 12.0. The van der Waals surface area contributed by atoms with Crippen LogP contribution in [-0.2, 0) is 47.5 Å². The standard InChI is InChI=1S/C39H72N2O15/c1-13-27-39(10,47)32(43)22(4)29(41-51-19-50-15-14-48-11)20(2)17-37(8,46)34(56-36-30(42)26(40)16-21(3)52-36)23(5)31(24(6)35(45)54-27)55-28-18-38(9,49-12)33(44)25(7)53-28/h20-28,30-34,36,42-44,46-47H,13-19,40H2,1-12H3/b41-29-/t20-,21?,22?,23?,24?,25?,26?,27-,28?,30-,31-,32-,33+,34-,36?,37-,38-,39-/m1/s1. The van der Waals surface area contributed by atoms with Crippen molar-refractivity contribution >= 4 is 11.7 Å². The Morgan fingerprint density at radius 1 is 0.911 bits per heavy atom. The van der Waals surface area contributed by atoms with Crippen LogP contribution >= 0.6 is 0 Å². The van der Waals surface area contributed by atoms with Gasteiger partial charge in [0.15, 0.2) is 12.6 Å². The Balaban J connectivity index is 2.20. The largest absolute Gasteiger partial charge is 0.459 e. The second kappa shape index (κ2) is 20.6. The van der Waals surface area contributed by atoms with Gasteiger partial charge in [-0.1, -0.05) is 32.9 Å². The van der Waals surface area contributed by atoms with Gasteiger partial charge in [0.25, 0.3) is 0 Å². The van der Waals surface area contributed by atoms with E-state index in [1.165, 1.54) is 21.1 Å². The molecule has 17 heteroatoms. The number of hydrogen-bond acceptors (Lipinski definition) is 17. The quantitative estimate of drug-likeness (QED) is 0.0711. The maximum atomic E-state index is 14.2. The predicted molar refractivity (Wildman–Crippen MR) is 203 cm³/mol. The van der Waals surface area contributed by atoms with Crippen LogP contribution in [0.3, 0.4) is 0 Å². The fraction of sp³-hybridized carbons (Fsp3) is 0.949. The summed E-state index contributed by atoms with van der Waals surface area (Å²) in [7, 11) is 3.02. The van der Waals surface area contributed by atoms with Crippen LogP contribution in [0.4, 0.5) is 0 Å². The highest BCUT2D eigenvalue weighted by Gasteiger charge is 2.53. The van der Waals surface area contributed by atoms with E-state index in [1.54, 1.807) is 62.3 Å². The normalized spacial score (nSPS) is 46.9. The van der Waals surface area contributed by atoms with Crippen molar-refractivity contribution in [3.63, 3.8) is 0 Å². The van der Waals surface area contributed by atoms with Crippen LogP contribution < -0.4 is 5.73 Å². The number of ether oxygens (including phenoxy) is 8. The molecule has 0 bridgehead atoms. The average Bonchev–Trinajstić information content (AvgIpc) is 3.13. The summed E-state index contributed by atoms with van der Waals surface area (Å²) < 4.78 is 47.6. The van der Waals surface area contributed by atoms with Gasteiger partial charge in [0, 0.05) is 44.4 Å². The highest BCUT2D eigenvalue weighted by atomic mass is 16.7. The molecule has 0 amide bonds. The van der Waals surface area contributed by atoms with E-state index < -0.39 is 108 Å². The first-order valence-corrected chi connectivity index (χ1v) is 19.9. The van der Waals surface area contributed by atoms with Gasteiger partial charge in [-0.05, 0) is 60.8 Å². The highest BCUT2D eigenvalue weighted by molar-refractivity contribution is 5.88. The third kappa shape index (κ3) is 11.6. The zero-order chi connectivity index (χ0) is 42.3. The maximum absolute atomic E-state index is 14.2. The Morgan fingerprint density at radius 2 is 1.57 bits per heavy atom. The first-order chi connectivity index (χ1) is 26.1. The molecule has 17 nitrogen and oxygen atoms in total. The third-order valence-electron chi connectivity index (χ3n) is 12.0. The minimum atomic E-state index is -1.97. The molecular weight excluding hydrogens is 736 g/mol. The van der Waals surface area contributed by atoms with E-state index in [-0.39, 0.29) is 44.5 Å². The Kier molecular flexibility index (Phi) is 17.9. The van der Waals surface area contributed by atoms with Gasteiger partial charge in [0.2, 0.25) is 6.79 Å². The average molecular weight is 809 g/mol. The Bertz CT molecular complexity index is 1260. The lowest BCUT2D eigenvalue weighted by molar-refractivity contribution is -0.315. The first kappa shape index (κ1) is 48.8. The first-order valence-electron chi connectivity index (χ1n) is 19.9. The molecule has 56 heavy (non-hydrogen) atoms. The number of carbonyl (C=O) groups excluding carboxylic acids is 1. The zero-order valence-corrected chi connectivity index (χ0v) is 35.5. The van der Waals surface area contributed by atoms with E-state index in [1.807, 2.05) is 0 Å². The molecule has 8 unspecified atom stereocenters. The van der Waals surface area contributed by atoms with Gasteiger partial charge >= 0.3 is 5.97 Å². The second-order valence-electron chi connectivity index (χ2n) is 16.9. The number of nitrogens with two attached hydrogens (primary N) is 1. The molecule has 0 aromatic rings. The number of esters is 1. The molecule has 3 rings (SSSR count). The molecule has 0 aliphatic carbocycles. The van der Waals surface area contributed by atoms with E-state index in [9.17, 15) is 30.3 Å². The van der Waals surface area contributed by atoms with Crippen molar-refractivity contribution in [1.29, 1.82) is 0 Å². The van der Waals surface area contributed by atoms with Crippen LogP contribution in [-0.4, -0.2) is 156 Å². The molecule has 18 atom stereocenters. The number of aliphatic hydroxyl groups excluding tert-OH is 3. The molecule has 0 saturated carbocycles. The lowest BCUT2D eigenvalue weighted by Gasteiger charge is -2.48. The number of hydrogen-bond donors (Lipinski definition) is 6. The van der Waals surface area contributed by atoms with Crippen molar-refractivity contribution < 1.29 is 73.1 Å². The number of oxime groups is 1. The van der Waals surface area contributed by atoms with Crippen molar-refractivity contribution in [3.8, 4) is 0 Å². The van der Waals surface area contributed by atoms with Crippen LogP contribution in [0.5, 0.6) is 0 Å². The number of methoxy groups -OCH3 is 2. The summed E-state index contributed by atoms with van der Waals surface area (Å²) in [6, 6.07) is -0.680.